The lowest BCUT2D eigenvalue weighted by Gasteiger charge is -2.37. The smallest absolute Gasteiger partial charge is 0.325 e. The van der Waals surface area contributed by atoms with E-state index in [0.29, 0.717) is 11.8 Å². The van der Waals surface area contributed by atoms with Crippen LogP contribution in [-0.2, 0) is 19.1 Å². The summed E-state index contributed by atoms with van der Waals surface area (Å²) in [6.07, 6.45) is 5.38. The number of ether oxygens (including phenoxy) is 1. The Hall–Kier alpha value is -1.65. The number of imide groups is 1. The van der Waals surface area contributed by atoms with Gasteiger partial charge in [-0.3, -0.25) is 19.3 Å². The molecule has 19 heavy (non-hydrogen) atoms. The van der Waals surface area contributed by atoms with E-state index < -0.39 is 5.97 Å². The van der Waals surface area contributed by atoms with E-state index in [4.69, 9.17) is 0 Å². The predicted octanol–water partition coefficient (Wildman–Crippen LogP) is 0.212. The molecule has 0 radical (unpaired) electrons. The van der Waals surface area contributed by atoms with Gasteiger partial charge >= 0.3 is 5.97 Å². The zero-order valence-electron chi connectivity index (χ0n) is 10.6. The Labute approximate surface area is 110 Å². The molecule has 2 bridgehead atoms. The molecule has 100 valence electrons. The number of carbonyl (C=O) groups excluding carboxylic acids is 3. The third-order valence-electron chi connectivity index (χ3n) is 5.27. The first-order valence-corrected chi connectivity index (χ1v) is 6.74. The van der Waals surface area contributed by atoms with Crippen LogP contribution in [0.3, 0.4) is 0 Å². The Kier molecular flexibility index (Phi) is 2.04. The van der Waals surface area contributed by atoms with Gasteiger partial charge in [-0.05, 0) is 30.1 Å². The molecule has 2 saturated carbocycles. The maximum absolute atomic E-state index is 12.4. The summed E-state index contributed by atoms with van der Waals surface area (Å²) in [5.41, 5.74) is 0. The van der Waals surface area contributed by atoms with E-state index in [1.807, 2.05) is 0 Å². The van der Waals surface area contributed by atoms with Crippen LogP contribution in [0.15, 0.2) is 12.2 Å². The lowest BCUT2D eigenvalue weighted by atomic mass is 9.63. The largest absolute Gasteiger partial charge is 0.468 e. The summed E-state index contributed by atoms with van der Waals surface area (Å²) in [6.45, 7) is -0.240. The van der Waals surface area contributed by atoms with Crippen molar-refractivity contribution in [2.24, 2.45) is 35.5 Å². The Balaban J connectivity index is 1.66. The summed E-state index contributed by atoms with van der Waals surface area (Å²) < 4.78 is 4.56. The van der Waals surface area contributed by atoms with E-state index in [1.165, 1.54) is 7.11 Å². The van der Waals surface area contributed by atoms with Gasteiger partial charge in [-0.1, -0.05) is 12.2 Å². The number of esters is 1. The third kappa shape index (κ3) is 1.28. The lowest BCUT2D eigenvalue weighted by molar-refractivity contribution is -0.151. The second kappa shape index (κ2) is 3.46. The number of hydrogen-bond acceptors (Lipinski definition) is 4. The number of nitrogens with zero attached hydrogens (tertiary/aromatic N) is 1. The molecule has 0 aromatic heterocycles. The van der Waals surface area contributed by atoms with E-state index in [0.717, 1.165) is 11.3 Å². The molecule has 0 aromatic carbocycles. The van der Waals surface area contributed by atoms with Gasteiger partial charge in [-0.15, -0.1) is 0 Å². The average Bonchev–Trinajstić information content (AvgIpc) is 3.20. The SMILES string of the molecule is COC(=O)CN1C(=O)[C@@H]2[C@@H]3C=C[C@H]([C@H]4C[C@H]34)[C@@H]2C1=O. The molecular weight excluding hydrogens is 246 g/mol. The zero-order chi connectivity index (χ0) is 13.3. The van der Waals surface area contributed by atoms with Crippen LogP contribution in [0.4, 0.5) is 0 Å². The van der Waals surface area contributed by atoms with Crippen LogP contribution < -0.4 is 0 Å². The van der Waals surface area contributed by atoms with Crippen molar-refractivity contribution in [3.8, 4) is 0 Å². The molecule has 6 atom stereocenters. The Morgan fingerprint density at radius 1 is 1.21 bits per heavy atom. The Morgan fingerprint density at radius 2 is 1.74 bits per heavy atom. The fraction of sp³-hybridized carbons (Fsp3) is 0.643. The number of rotatable bonds is 2. The first kappa shape index (κ1) is 11.2. The average molecular weight is 261 g/mol. The summed E-state index contributed by atoms with van der Waals surface area (Å²) in [6, 6.07) is 0. The molecule has 3 fully saturated rings. The number of likely N-dealkylation sites (tertiary alicyclic amines) is 1. The molecule has 5 heteroatoms. The van der Waals surface area contributed by atoms with Crippen LogP contribution in [-0.4, -0.2) is 36.3 Å². The molecule has 1 saturated heterocycles. The predicted molar refractivity (Wildman–Crippen MR) is 63.4 cm³/mol. The fourth-order valence-electron chi connectivity index (χ4n) is 4.37. The standard InChI is InChI=1S/C14H15NO4/c1-19-10(16)5-15-13(17)11-6-2-3-7(9-4-8(6)9)12(11)14(15)18/h2-3,6-9,11-12H,4-5H2,1H3/t6-,7-,8-,9-,11-,12+/m1/s1. The van der Waals surface area contributed by atoms with E-state index in [9.17, 15) is 14.4 Å². The van der Waals surface area contributed by atoms with Crippen molar-refractivity contribution in [2.75, 3.05) is 13.7 Å². The summed E-state index contributed by atoms with van der Waals surface area (Å²) in [5.74, 6) is 0.253. The topological polar surface area (TPSA) is 63.7 Å². The molecule has 1 aliphatic heterocycles. The van der Waals surface area contributed by atoms with Crippen LogP contribution in [0.25, 0.3) is 0 Å². The molecule has 0 unspecified atom stereocenters. The van der Waals surface area contributed by atoms with Gasteiger partial charge in [0.1, 0.15) is 6.54 Å². The van der Waals surface area contributed by atoms with Gasteiger partial charge in [0.15, 0.2) is 0 Å². The maximum atomic E-state index is 12.4. The summed E-state index contributed by atoms with van der Waals surface area (Å²) in [7, 11) is 1.26. The second-order valence-electron chi connectivity index (χ2n) is 5.99. The van der Waals surface area contributed by atoms with Crippen molar-refractivity contribution in [3.63, 3.8) is 0 Å². The van der Waals surface area contributed by atoms with Crippen LogP contribution in [0.5, 0.6) is 0 Å². The highest BCUT2D eigenvalue weighted by Gasteiger charge is 2.67. The highest BCUT2D eigenvalue weighted by molar-refractivity contribution is 6.07. The number of methoxy groups -OCH3 is 1. The monoisotopic (exact) mass is 261 g/mol. The molecule has 2 amide bonds. The first-order chi connectivity index (χ1) is 9.13. The Bertz CT molecular complexity index is 490. The van der Waals surface area contributed by atoms with Gasteiger partial charge in [0.2, 0.25) is 11.8 Å². The number of amides is 2. The molecule has 0 N–H and O–H groups in total. The molecule has 5 aliphatic rings. The fourth-order valence-corrected chi connectivity index (χ4v) is 4.37. The van der Waals surface area contributed by atoms with Crippen molar-refractivity contribution in [1.29, 1.82) is 0 Å². The maximum Gasteiger partial charge on any atom is 0.325 e. The molecule has 4 aliphatic carbocycles. The van der Waals surface area contributed by atoms with Crippen molar-refractivity contribution >= 4 is 17.8 Å². The summed E-state index contributed by atoms with van der Waals surface area (Å²) in [5, 5.41) is 0. The number of allylic oxidation sites excluding steroid dienone is 2. The molecule has 5 nitrogen and oxygen atoms in total. The molecule has 0 aromatic rings. The molecule has 5 rings (SSSR count). The number of carbonyl (C=O) groups is 3. The molecule has 1 heterocycles. The van der Waals surface area contributed by atoms with Gasteiger partial charge in [0.25, 0.3) is 0 Å². The molecule has 0 spiro atoms. The minimum Gasteiger partial charge on any atom is -0.468 e. The van der Waals surface area contributed by atoms with Gasteiger partial charge in [-0.25, -0.2) is 0 Å². The van der Waals surface area contributed by atoms with Crippen molar-refractivity contribution in [3.05, 3.63) is 12.2 Å². The Morgan fingerprint density at radius 3 is 2.21 bits per heavy atom. The van der Waals surface area contributed by atoms with Crippen LogP contribution in [0, 0.1) is 35.5 Å². The van der Waals surface area contributed by atoms with Gasteiger partial charge in [-0.2, -0.15) is 0 Å². The van der Waals surface area contributed by atoms with Crippen molar-refractivity contribution in [2.45, 2.75) is 6.42 Å². The van der Waals surface area contributed by atoms with Crippen LogP contribution in [0.2, 0.25) is 0 Å². The highest BCUT2D eigenvalue weighted by atomic mass is 16.5. The quantitative estimate of drug-likeness (QED) is 0.405. The van der Waals surface area contributed by atoms with Gasteiger partial charge in [0.05, 0.1) is 18.9 Å². The third-order valence-corrected chi connectivity index (χ3v) is 5.27. The minimum atomic E-state index is -0.536. The lowest BCUT2D eigenvalue weighted by Crippen LogP contribution is -2.40. The first-order valence-electron chi connectivity index (χ1n) is 6.74. The summed E-state index contributed by atoms with van der Waals surface area (Å²) in [4.78, 5) is 37.3. The zero-order valence-corrected chi connectivity index (χ0v) is 10.6. The van der Waals surface area contributed by atoms with Gasteiger partial charge < -0.3 is 4.74 Å². The summed E-state index contributed by atoms with van der Waals surface area (Å²) >= 11 is 0. The van der Waals surface area contributed by atoms with Crippen LogP contribution in [0.1, 0.15) is 6.42 Å². The van der Waals surface area contributed by atoms with Crippen molar-refractivity contribution < 1.29 is 19.1 Å². The molecular formula is C14H15NO4. The minimum absolute atomic E-state index is 0.176. The van der Waals surface area contributed by atoms with Crippen LogP contribution >= 0.6 is 0 Å². The van der Waals surface area contributed by atoms with E-state index in [1.54, 1.807) is 0 Å². The van der Waals surface area contributed by atoms with E-state index >= 15 is 0 Å². The van der Waals surface area contributed by atoms with E-state index in [2.05, 4.69) is 16.9 Å². The van der Waals surface area contributed by atoms with E-state index in [-0.39, 0.29) is 42.0 Å². The van der Waals surface area contributed by atoms with Gasteiger partial charge in [0, 0.05) is 0 Å². The van der Waals surface area contributed by atoms with Crippen molar-refractivity contribution in [1.82, 2.24) is 4.90 Å². The highest BCUT2D eigenvalue weighted by Crippen LogP contribution is 2.65. The second-order valence-corrected chi connectivity index (χ2v) is 5.99. The normalized spacial score (nSPS) is 45.2. The number of hydrogen-bond donors (Lipinski definition) is 0.